The number of hydrogen-bond acceptors (Lipinski definition) is 3. The Morgan fingerprint density at radius 3 is 2.04 bits per heavy atom. The fourth-order valence-electron chi connectivity index (χ4n) is 2.53. The summed E-state index contributed by atoms with van der Waals surface area (Å²) in [6.07, 6.45) is 0. The summed E-state index contributed by atoms with van der Waals surface area (Å²) in [5.74, 6) is -0.0729. The number of piperazine rings is 1. The van der Waals surface area contributed by atoms with Gasteiger partial charge in [0.25, 0.3) is 0 Å². The van der Waals surface area contributed by atoms with E-state index in [4.69, 9.17) is 0 Å². The Kier molecular flexibility index (Phi) is 5.13. The van der Waals surface area contributed by atoms with E-state index in [2.05, 4.69) is 15.5 Å². The molecule has 2 N–H and O–H groups in total. The molecule has 126 valence electrons. The van der Waals surface area contributed by atoms with Crippen LogP contribution < -0.4 is 15.5 Å². The van der Waals surface area contributed by atoms with Gasteiger partial charge >= 0.3 is 6.03 Å². The SMILES string of the molecule is CC(=O)Nc1ccc(N2CCN(C(=O)NC(C)(C)C)CC2)cc1. The zero-order valence-electron chi connectivity index (χ0n) is 14.3. The summed E-state index contributed by atoms with van der Waals surface area (Å²) in [4.78, 5) is 27.3. The second kappa shape index (κ2) is 6.89. The number of nitrogens with zero attached hydrogens (tertiary/aromatic N) is 2. The Morgan fingerprint density at radius 2 is 1.57 bits per heavy atom. The van der Waals surface area contributed by atoms with Crippen LogP contribution in [-0.2, 0) is 4.79 Å². The normalized spacial score (nSPS) is 15.3. The van der Waals surface area contributed by atoms with Gasteiger partial charge < -0.3 is 20.4 Å². The van der Waals surface area contributed by atoms with E-state index in [9.17, 15) is 9.59 Å². The lowest BCUT2D eigenvalue weighted by molar-refractivity contribution is -0.114. The van der Waals surface area contributed by atoms with Gasteiger partial charge in [-0.1, -0.05) is 0 Å². The molecule has 0 radical (unpaired) electrons. The van der Waals surface area contributed by atoms with Gasteiger partial charge in [-0.25, -0.2) is 4.79 Å². The summed E-state index contributed by atoms with van der Waals surface area (Å²) in [7, 11) is 0. The third-order valence-corrected chi connectivity index (χ3v) is 3.60. The molecule has 0 aromatic heterocycles. The third kappa shape index (κ3) is 5.16. The van der Waals surface area contributed by atoms with E-state index in [1.807, 2.05) is 49.9 Å². The van der Waals surface area contributed by atoms with E-state index >= 15 is 0 Å². The van der Waals surface area contributed by atoms with E-state index < -0.39 is 0 Å². The lowest BCUT2D eigenvalue weighted by Crippen LogP contribution is -2.55. The van der Waals surface area contributed by atoms with Gasteiger partial charge in [-0.3, -0.25) is 4.79 Å². The number of benzene rings is 1. The Morgan fingerprint density at radius 1 is 1.00 bits per heavy atom. The minimum absolute atomic E-state index is 0.00171. The summed E-state index contributed by atoms with van der Waals surface area (Å²) < 4.78 is 0. The molecule has 0 atom stereocenters. The molecule has 1 aromatic rings. The first-order chi connectivity index (χ1) is 10.7. The smallest absolute Gasteiger partial charge is 0.317 e. The van der Waals surface area contributed by atoms with Crippen molar-refractivity contribution in [2.75, 3.05) is 36.4 Å². The molecule has 2 rings (SSSR count). The van der Waals surface area contributed by atoms with Crippen molar-refractivity contribution in [3.8, 4) is 0 Å². The molecule has 1 aromatic carbocycles. The molecular formula is C17H26N4O2. The van der Waals surface area contributed by atoms with Crippen LogP contribution in [0.4, 0.5) is 16.2 Å². The second-order valence-electron chi connectivity index (χ2n) is 6.88. The summed E-state index contributed by atoms with van der Waals surface area (Å²) in [5.41, 5.74) is 1.69. The quantitative estimate of drug-likeness (QED) is 0.879. The van der Waals surface area contributed by atoms with Gasteiger partial charge in [0.15, 0.2) is 0 Å². The van der Waals surface area contributed by atoms with Crippen molar-refractivity contribution in [2.24, 2.45) is 0 Å². The second-order valence-corrected chi connectivity index (χ2v) is 6.88. The Bertz CT molecular complexity index is 555. The fraction of sp³-hybridized carbons (Fsp3) is 0.529. The van der Waals surface area contributed by atoms with Crippen LogP contribution in [0.2, 0.25) is 0 Å². The molecule has 23 heavy (non-hydrogen) atoms. The van der Waals surface area contributed by atoms with Crippen molar-refractivity contribution in [1.82, 2.24) is 10.2 Å². The van der Waals surface area contributed by atoms with Gasteiger partial charge in [0.1, 0.15) is 0 Å². The highest BCUT2D eigenvalue weighted by Crippen LogP contribution is 2.19. The monoisotopic (exact) mass is 318 g/mol. The van der Waals surface area contributed by atoms with Crippen LogP contribution in [0.1, 0.15) is 27.7 Å². The largest absolute Gasteiger partial charge is 0.368 e. The van der Waals surface area contributed by atoms with Crippen molar-refractivity contribution >= 4 is 23.3 Å². The number of nitrogens with one attached hydrogen (secondary N) is 2. The molecule has 1 aliphatic heterocycles. The average Bonchev–Trinajstić information content (AvgIpc) is 2.46. The first kappa shape index (κ1) is 17.1. The number of rotatable bonds is 2. The highest BCUT2D eigenvalue weighted by atomic mass is 16.2. The maximum atomic E-state index is 12.2. The van der Waals surface area contributed by atoms with Crippen LogP contribution in [0.3, 0.4) is 0 Å². The predicted octanol–water partition coefficient (Wildman–Crippen LogP) is 2.28. The number of carbonyl (C=O) groups excluding carboxylic acids is 2. The van der Waals surface area contributed by atoms with Crippen LogP contribution >= 0.6 is 0 Å². The molecule has 6 heteroatoms. The van der Waals surface area contributed by atoms with Crippen LogP contribution in [0.5, 0.6) is 0 Å². The van der Waals surface area contributed by atoms with E-state index in [-0.39, 0.29) is 17.5 Å². The Balaban J connectivity index is 1.89. The van der Waals surface area contributed by atoms with E-state index in [1.54, 1.807) is 0 Å². The molecule has 1 heterocycles. The van der Waals surface area contributed by atoms with Crippen LogP contribution in [-0.4, -0.2) is 48.6 Å². The summed E-state index contributed by atoms with van der Waals surface area (Å²) in [6.45, 7) is 10.5. The average molecular weight is 318 g/mol. The summed E-state index contributed by atoms with van der Waals surface area (Å²) >= 11 is 0. The minimum atomic E-state index is -0.215. The van der Waals surface area contributed by atoms with E-state index in [0.29, 0.717) is 13.1 Å². The van der Waals surface area contributed by atoms with E-state index in [1.165, 1.54) is 6.92 Å². The zero-order chi connectivity index (χ0) is 17.0. The van der Waals surface area contributed by atoms with Crippen molar-refractivity contribution in [1.29, 1.82) is 0 Å². The Labute approximate surface area is 137 Å². The lowest BCUT2D eigenvalue weighted by atomic mass is 10.1. The molecule has 0 bridgehead atoms. The third-order valence-electron chi connectivity index (χ3n) is 3.60. The van der Waals surface area contributed by atoms with Crippen molar-refractivity contribution in [3.05, 3.63) is 24.3 Å². The van der Waals surface area contributed by atoms with Crippen LogP contribution in [0.25, 0.3) is 0 Å². The first-order valence-electron chi connectivity index (χ1n) is 7.94. The van der Waals surface area contributed by atoms with Crippen LogP contribution in [0, 0.1) is 0 Å². The number of anilines is 2. The van der Waals surface area contributed by atoms with Gasteiger partial charge in [0.2, 0.25) is 5.91 Å². The molecular weight excluding hydrogens is 292 g/mol. The maximum Gasteiger partial charge on any atom is 0.317 e. The minimum Gasteiger partial charge on any atom is -0.368 e. The number of urea groups is 1. The fourth-order valence-corrected chi connectivity index (χ4v) is 2.53. The standard InChI is InChI=1S/C17H26N4O2/c1-13(22)18-14-5-7-15(8-6-14)20-9-11-21(12-10-20)16(23)19-17(2,3)4/h5-8H,9-12H2,1-4H3,(H,18,22)(H,19,23). The van der Waals surface area contributed by atoms with Gasteiger partial charge in [-0.2, -0.15) is 0 Å². The first-order valence-corrected chi connectivity index (χ1v) is 7.94. The van der Waals surface area contributed by atoms with Gasteiger partial charge in [0, 0.05) is 50.0 Å². The number of amides is 3. The molecule has 3 amide bonds. The summed E-state index contributed by atoms with van der Waals surface area (Å²) in [6, 6.07) is 7.79. The van der Waals surface area contributed by atoms with Crippen molar-refractivity contribution < 1.29 is 9.59 Å². The van der Waals surface area contributed by atoms with Gasteiger partial charge in [0.05, 0.1) is 0 Å². The zero-order valence-corrected chi connectivity index (χ0v) is 14.3. The number of carbonyl (C=O) groups is 2. The molecule has 1 fully saturated rings. The Hall–Kier alpha value is -2.24. The van der Waals surface area contributed by atoms with Gasteiger partial charge in [-0.05, 0) is 45.0 Å². The molecule has 1 aliphatic rings. The van der Waals surface area contributed by atoms with E-state index in [0.717, 1.165) is 24.5 Å². The van der Waals surface area contributed by atoms with Crippen molar-refractivity contribution in [2.45, 2.75) is 33.2 Å². The highest BCUT2D eigenvalue weighted by Gasteiger charge is 2.24. The van der Waals surface area contributed by atoms with Crippen LogP contribution in [0.15, 0.2) is 24.3 Å². The molecule has 0 aliphatic carbocycles. The molecule has 0 saturated carbocycles. The lowest BCUT2D eigenvalue weighted by Gasteiger charge is -2.37. The molecule has 6 nitrogen and oxygen atoms in total. The van der Waals surface area contributed by atoms with Gasteiger partial charge in [-0.15, -0.1) is 0 Å². The van der Waals surface area contributed by atoms with Crippen molar-refractivity contribution in [3.63, 3.8) is 0 Å². The predicted molar refractivity (Wildman–Crippen MR) is 92.8 cm³/mol. The molecule has 0 unspecified atom stereocenters. The number of hydrogen-bond donors (Lipinski definition) is 2. The summed E-state index contributed by atoms with van der Waals surface area (Å²) in [5, 5.41) is 5.76. The molecule has 1 saturated heterocycles. The molecule has 0 spiro atoms. The topological polar surface area (TPSA) is 64.7 Å². The highest BCUT2D eigenvalue weighted by molar-refractivity contribution is 5.88. The maximum absolute atomic E-state index is 12.2.